The number of rotatable bonds is 6. The summed E-state index contributed by atoms with van der Waals surface area (Å²) in [6, 6.07) is 10.2. The summed E-state index contributed by atoms with van der Waals surface area (Å²) in [6.07, 6.45) is 0.364. The van der Waals surface area contributed by atoms with Gasteiger partial charge in [0.05, 0.1) is 0 Å². The number of nitrogens with zero attached hydrogens (tertiary/aromatic N) is 2. The van der Waals surface area contributed by atoms with Crippen LogP contribution in [0.25, 0.3) is 0 Å². The summed E-state index contributed by atoms with van der Waals surface area (Å²) in [5, 5.41) is 3.34. The Kier molecular flexibility index (Phi) is 6.72. The normalized spacial score (nSPS) is 15.3. The zero-order valence-electron chi connectivity index (χ0n) is 16.8. The first kappa shape index (κ1) is 21.8. The molecular formula is C22H23ClFN3O3. The Morgan fingerprint density at radius 3 is 2.50 bits per heavy atom. The number of piperazine rings is 1. The lowest BCUT2D eigenvalue weighted by Crippen LogP contribution is -2.59. The van der Waals surface area contributed by atoms with E-state index in [2.05, 4.69) is 5.32 Å². The van der Waals surface area contributed by atoms with Crippen LogP contribution >= 0.6 is 11.6 Å². The quantitative estimate of drug-likeness (QED) is 0.713. The molecule has 8 heteroatoms. The summed E-state index contributed by atoms with van der Waals surface area (Å²) < 4.78 is 13.1. The largest absolute Gasteiger partial charge is 0.328 e. The number of benzene rings is 2. The molecule has 3 rings (SSSR count). The lowest BCUT2D eigenvalue weighted by molar-refractivity contribution is -0.159. The Balaban J connectivity index is 1.69. The molecule has 2 aromatic rings. The lowest BCUT2D eigenvalue weighted by atomic mass is 10.1. The van der Waals surface area contributed by atoms with Crippen molar-refractivity contribution in [3.63, 3.8) is 0 Å². The Hall–Kier alpha value is -2.93. The average molecular weight is 432 g/mol. The Labute approximate surface area is 179 Å². The van der Waals surface area contributed by atoms with Gasteiger partial charge in [-0.25, -0.2) is 4.39 Å². The van der Waals surface area contributed by atoms with Gasteiger partial charge >= 0.3 is 11.8 Å². The minimum Gasteiger partial charge on any atom is -0.328 e. The molecule has 1 aliphatic heterocycles. The predicted molar refractivity (Wildman–Crippen MR) is 112 cm³/mol. The number of carbonyl (C=O) groups is 3. The highest BCUT2D eigenvalue weighted by Gasteiger charge is 2.38. The summed E-state index contributed by atoms with van der Waals surface area (Å²) in [5.74, 6) is -2.11. The molecule has 1 saturated heterocycles. The van der Waals surface area contributed by atoms with E-state index in [0.717, 1.165) is 11.1 Å². The van der Waals surface area contributed by atoms with Crippen LogP contribution in [0, 0.1) is 12.7 Å². The molecular weight excluding hydrogens is 409 g/mol. The van der Waals surface area contributed by atoms with E-state index < -0.39 is 17.9 Å². The van der Waals surface area contributed by atoms with Crippen LogP contribution in [0.2, 0.25) is 5.02 Å². The summed E-state index contributed by atoms with van der Waals surface area (Å²) in [6.45, 7) is 4.33. The molecule has 0 aliphatic carbocycles. The Bertz CT molecular complexity index is 965. The van der Waals surface area contributed by atoms with Gasteiger partial charge in [0.15, 0.2) is 0 Å². The van der Waals surface area contributed by atoms with Gasteiger partial charge in [-0.3, -0.25) is 14.4 Å². The molecule has 1 heterocycles. The van der Waals surface area contributed by atoms with Gasteiger partial charge in [0.25, 0.3) is 0 Å². The summed E-state index contributed by atoms with van der Waals surface area (Å²) in [7, 11) is 0. The molecule has 3 amide bonds. The minimum absolute atomic E-state index is 0.212. The molecule has 6 nitrogen and oxygen atoms in total. The van der Waals surface area contributed by atoms with Crippen molar-refractivity contribution in [1.29, 1.82) is 0 Å². The molecule has 0 bridgehead atoms. The van der Waals surface area contributed by atoms with E-state index in [4.69, 9.17) is 11.6 Å². The van der Waals surface area contributed by atoms with E-state index in [1.165, 1.54) is 21.9 Å². The lowest BCUT2D eigenvalue weighted by Gasteiger charge is -2.37. The minimum atomic E-state index is -0.771. The van der Waals surface area contributed by atoms with Crippen molar-refractivity contribution in [3.8, 4) is 0 Å². The van der Waals surface area contributed by atoms with Crippen LogP contribution in [0.15, 0.2) is 42.5 Å². The van der Waals surface area contributed by atoms with E-state index in [9.17, 15) is 18.8 Å². The van der Waals surface area contributed by atoms with Gasteiger partial charge in [-0.1, -0.05) is 36.7 Å². The fourth-order valence-corrected chi connectivity index (χ4v) is 3.63. The number of anilines is 1. The topological polar surface area (TPSA) is 69.7 Å². The molecule has 1 aliphatic rings. The van der Waals surface area contributed by atoms with Crippen LogP contribution in [0.1, 0.15) is 24.5 Å². The van der Waals surface area contributed by atoms with Crippen LogP contribution in [0.5, 0.6) is 0 Å². The first-order chi connectivity index (χ1) is 14.3. The van der Waals surface area contributed by atoms with E-state index in [1.54, 1.807) is 44.2 Å². The highest BCUT2D eigenvalue weighted by Crippen LogP contribution is 2.24. The third-order valence-corrected chi connectivity index (χ3v) is 5.63. The third kappa shape index (κ3) is 4.62. The van der Waals surface area contributed by atoms with Gasteiger partial charge in [-0.2, -0.15) is 0 Å². The molecule has 0 saturated carbocycles. The van der Waals surface area contributed by atoms with E-state index >= 15 is 0 Å². The smallest absolute Gasteiger partial charge is 0.312 e. The maximum absolute atomic E-state index is 13.1. The van der Waals surface area contributed by atoms with E-state index in [0.29, 0.717) is 23.7 Å². The van der Waals surface area contributed by atoms with Crippen LogP contribution < -0.4 is 5.32 Å². The standard InChI is InChI=1S/C22H23ClFN3O3/c1-3-19(20(28)25-18-6-4-5-17(23)14(18)2)27-12-11-26(21(29)22(27)30)13-15-7-9-16(24)10-8-15/h4-10,19H,3,11-13H2,1-2H3,(H,25,28). The molecule has 1 fully saturated rings. The van der Waals surface area contributed by atoms with Crippen molar-refractivity contribution in [3.05, 3.63) is 64.4 Å². The van der Waals surface area contributed by atoms with E-state index in [-0.39, 0.29) is 24.8 Å². The van der Waals surface area contributed by atoms with Crippen molar-refractivity contribution in [1.82, 2.24) is 9.80 Å². The zero-order valence-corrected chi connectivity index (χ0v) is 17.6. The summed E-state index contributed by atoms with van der Waals surface area (Å²) in [4.78, 5) is 40.9. The van der Waals surface area contributed by atoms with Crippen LogP contribution in [0.3, 0.4) is 0 Å². The highest BCUT2D eigenvalue weighted by molar-refractivity contribution is 6.36. The summed E-state index contributed by atoms with van der Waals surface area (Å²) >= 11 is 6.11. The molecule has 158 valence electrons. The van der Waals surface area contributed by atoms with Crippen LogP contribution in [-0.4, -0.2) is 46.7 Å². The monoisotopic (exact) mass is 431 g/mol. The van der Waals surface area contributed by atoms with Gasteiger partial charge in [-0.05, 0) is 48.7 Å². The van der Waals surface area contributed by atoms with Gasteiger partial charge in [0, 0.05) is 30.3 Å². The molecule has 2 aromatic carbocycles. The molecule has 1 N–H and O–H groups in total. The van der Waals surface area contributed by atoms with E-state index in [1.807, 2.05) is 0 Å². The van der Waals surface area contributed by atoms with Crippen molar-refractivity contribution < 1.29 is 18.8 Å². The number of hydrogen-bond acceptors (Lipinski definition) is 3. The number of halogens is 2. The van der Waals surface area contributed by atoms with Crippen LogP contribution in [0.4, 0.5) is 10.1 Å². The maximum atomic E-state index is 13.1. The third-order valence-electron chi connectivity index (χ3n) is 5.22. The molecule has 1 atom stereocenters. The SMILES string of the molecule is CCC(C(=O)Nc1cccc(Cl)c1C)N1CCN(Cc2ccc(F)cc2)C(=O)C1=O. The fraction of sp³-hybridized carbons (Fsp3) is 0.318. The first-order valence-corrected chi connectivity index (χ1v) is 10.1. The first-order valence-electron chi connectivity index (χ1n) is 9.72. The Morgan fingerprint density at radius 2 is 1.83 bits per heavy atom. The Morgan fingerprint density at radius 1 is 1.13 bits per heavy atom. The van der Waals surface area contributed by atoms with Crippen molar-refractivity contribution >= 4 is 35.0 Å². The highest BCUT2D eigenvalue weighted by atomic mass is 35.5. The molecule has 1 unspecified atom stereocenters. The van der Waals surface area contributed by atoms with Crippen molar-refractivity contribution in [2.45, 2.75) is 32.9 Å². The fourth-order valence-electron chi connectivity index (χ4n) is 3.45. The van der Waals surface area contributed by atoms with Gasteiger partial charge in [0.1, 0.15) is 11.9 Å². The predicted octanol–water partition coefficient (Wildman–Crippen LogP) is 3.38. The zero-order chi connectivity index (χ0) is 21.8. The molecule has 30 heavy (non-hydrogen) atoms. The van der Waals surface area contributed by atoms with Crippen LogP contribution in [-0.2, 0) is 20.9 Å². The maximum Gasteiger partial charge on any atom is 0.312 e. The second kappa shape index (κ2) is 9.26. The number of amides is 3. The second-order valence-corrected chi connectivity index (χ2v) is 7.58. The average Bonchev–Trinajstić information content (AvgIpc) is 2.72. The number of carbonyl (C=O) groups excluding carboxylic acids is 3. The van der Waals surface area contributed by atoms with Gasteiger partial charge < -0.3 is 15.1 Å². The molecule has 0 spiro atoms. The molecule has 0 radical (unpaired) electrons. The van der Waals surface area contributed by atoms with Gasteiger partial charge in [0.2, 0.25) is 5.91 Å². The number of nitrogens with one attached hydrogen (secondary N) is 1. The summed E-state index contributed by atoms with van der Waals surface area (Å²) in [5.41, 5.74) is 2.03. The van der Waals surface area contributed by atoms with Crippen molar-refractivity contribution in [2.24, 2.45) is 0 Å². The van der Waals surface area contributed by atoms with Gasteiger partial charge in [-0.15, -0.1) is 0 Å². The second-order valence-electron chi connectivity index (χ2n) is 7.18. The number of hydrogen-bond donors (Lipinski definition) is 1. The molecule has 0 aromatic heterocycles. The van der Waals surface area contributed by atoms with Crippen molar-refractivity contribution in [2.75, 3.05) is 18.4 Å².